The fourth-order valence-electron chi connectivity index (χ4n) is 3.90. The van der Waals surface area contributed by atoms with E-state index in [9.17, 15) is 14.7 Å². The summed E-state index contributed by atoms with van der Waals surface area (Å²) in [5, 5.41) is 19.0. The standard InChI is InChI=1S/C17H20N4O4S/c1-3-21-6-9(8(2)20-21)10-7-26-17(18-10)19-15(22)13-11-4-5-12(25-11)14(13)16(23)24/h6-7,11-14H,3-5H2,1-2H3,(H,23,24)(H,18,19,22)/t11-,12+,13+,14+/m1/s1. The lowest BCUT2D eigenvalue weighted by Crippen LogP contribution is -2.40. The van der Waals surface area contributed by atoms with Gasteiger partial charge in [0.25, 0.3) is 0 Å². The van der Waals surface area contributed by atoms with Crippen LogP contribution >= 0.6 is 11.3 Å². The summed E-state index contributed by atoms with van der Waals surface area (Å²) in [5.74, 6) is -2.74. The first kappa shape index (κ1) is 17.2. The normalized spacial score (nSPS) is 27.0. The van der Waals surface area contributed by atoms with Gasteiger partial charge in [0.2, 0.25) is 5.91 Å². The van der Waals surface area contributed by atoms with E-state index in [1.54, 1.807) is 0 Å². The molecular formula is C17H20N4O4S. The number of anilines is 1. The summed E-state index contributed by atoms with van der Waals surface area (Å²) >= 11 is 1.32. The number of rotatable bonds is 5. The molecule has 9 heteroatoms. The molecular weight excluding hydrogens is 356 g/mol. The van der Waals surface area contributed by atoms with Gasteiger partial charge in [-0.05, 0) is 26.7 Å². The van der Waals surface area contributed by atoms with Gasteiger partial charge < -0.3 is 15.2 Å². The largest absolute Gasteiger partial charge is 0.481 e. The number of carboxylic acids is 1. The maximum absolute atomic E-state index is 12.7. The summed E-state index contributed by atoms with van der Waals surface area (Å²) in [6, 6.07) is 0. The molecule has 1 amide bonds. The first-order valence-corrected chi connectivity index (χ1v) is 9.55. The zero-order valence-corrected chi connectivity index (χ0v) is 15.3. The summed E-state index contributed by atoms with van der Waals surface area (Å²) in [5.41, 5.74) is 2.55. The minimum Gasteiger partial charge on any atom is -0.481 e. The number of thiazole rings is 1. The van der Waals surface area contributed by atoms with Crippen molar-refractivity contribution in [2.45, 2.75) is 45.4 Å². The molecule has 2 saturated heterocycles. The summed E-state index contributed by atoms with van der Waals surface area (Å²) < 4.78 is 7.49. The molecule has 138 valence electrons. The Bertz CT molecular complexity index is 861. The van der Waals surface area contributed by atoms with Crippen molar-refractivity contribution in [1.82, 2.24) is 14.8 Å². The Balaban J connectivity index is 1.51. The van der Waals surface area contributed by atoms with Crippen LogP contribution in [0.25, 0.3) is 11.3 Å². The number of nitrogens with zero attached hydrogens (tertiary/aromatic N) is 3. The molecule has 0 aromatic carbocycles. The lowest BCUT2D eigenvalue weighted by molar-refractivity contribution is -0.147. The van der Waals surface area contributed by atoms with E-state index in [2.05, 4.69) is 15.4 Å². The quantitative estimate of drug-likeness (QED) is 0.828. The maximum Gasteiger partial charge on any atom is 0.310 e. The minimum atomic E-state index is -0.972. The molecule has 4 atom stereocenters. The minimum absolute atomic E-state index is 0.314. The third kappa shape index (κ3) is 2.80. The molecule has 2 aromatic rings. The molecule has 0 unspecified atom stereocenters. The van der Waals surface area contributed by atoms with E-state index in [0.29, 0.717) is 11.6 Å². The maximum atomic E-state index is 12.7. The molecule has 2 aliphatic heterocycles. The lowest BCUT2D eigenvalue weighted by atomic mass is 9.79. The number of carboxylic acid groups (broad SMARTS) is 1. The Hall–Kier alpha value is -2.26. The van der Waals surface area contributed by atoms with Gasteiger partial charge in [0.05, 0.1) is 35.4 Å². The SMILES string of the molecule is CCn1cc(-c2csc(NC(=O)[C@@H]3[C@@H](C(=O)O)[C@@H]4CC[C@H]3O4)n2)c(C)n1. The number of carbonyl (C=O) groups excluding carboxylic acids is 1. The Morgan fingerprint density at radius 2 is 2.12 bits per heavy atom. The summed E-state index contributed by atoms with van der Waals surface area (Å²) in [7, 11) is 0. The van der Waals surface area contributed by atoms with Crippen molar-refractivity contribution in [2.24, 2.45) is 11.8 Å². The van der Waals surface area contributed by atoms with Crippen LogP contribution in [0.3, 0.4) is 0 Å². The number of aromatic nitrogens is 3. The summed E-state index contributed by atoms with van der Waals surface area (Å²) in [6.45, 7) is 4.71. The van der Waals surface area contributed by atoms with Gasteiger partial charge in [-0.3, -0.25) is 14.3 Å². The summed E-state index contributed by atoms with van der Waals surface area (Å²) in [4.78, 5) is 28.7. The molecule has 4 rings (SSSR count). The number of aryl methyl sites for hydroxylation is 2. The van der Waals surface area contributed by atoms with Gasteiger partial charge >= 0.3 is 5.97 Å². The van der Waals surface area contributed by atoms with Gasteiger partial charge in [-0.25, -0.2) is 4.98 Å². The highest BCUT2D eigenvalue weighted by molar-refractivity contribution is 7.14. The van der Waals surface area contributed by atoms with Crippen molar-refractivity contribution in [2.75, 3.05) is 5.32 Å². The fourth-order valence-corrected chi connectivity index (χ4v) is 4.61. The summed E-state index contributed by atoms with van der Waals surface area (Å²) in [6.07, 6.45) is 2.69. The molecule has 0 saturated carbocycles. The molecule has 2 N–H and O–H groups in total. The number of amides is 1. The van der Waals surface area contributed by atoms with E-state index in [1.807, 2.05) is 30.1 Å². The number of ether oxygens (including phenoxy) is 1. The van der Waals surface area contributed by atoms with Crippen molar-refractivity contribution in [3.63, 3.8) is 0 Å². The molecule has 2 aromatic heterocycles. The fraction of sp³-hybridized carbons (Fsp3) is 0.529. The molecule has 0 radical (unpaired) electrons. The zero-order valence-electron chi connectivity index (χ0n) is 14.5. The second-order valence-electron chi connectivity index (χ2n) is 6.69. The van der Waals surface area contributed by atoms with Crippen LogP contribution in [0.2, 0.25) is 0 Å². The van der Waals surface area contributed by atoms with Crippen LogP contribution in [-0.4, -0.2) is 44.0 Å². The highest BCUT2D eigenvalue weighted by Crippen LogP contribution is 2.44. The Labute approximate surface area is 154 Å². The average molecular weight is 376 g/mol. The number of fused-ring (bicyclic) bond motifs is 2. The number of hydrogen-bond donors (Lipinski definition) is 2. The molecule has 8 nitrogen and oxygen atoms in total. The van der Waals surface area contributed by atoms with E-state index < -0.39 is 17.8 Å². The predicted molar refractivity (Wildman–Crippen MR) is 94.9 cm³/mol. The van der Waals surface area contributed by atoms with Crippen molar-refractivity contribution >= 4 is 28.3 Å². The van der Waals surface area contributed by atoms with Gasteiger partial charge in [0.1, 0.15) is 0 Å². The monoisotopic (exact) mass is 376 g/mol. The molecule has 2 fully saturated rings. The van der Waals surface area contributed by atoms with Gasteiger partial charge in [0.15, 0.2) is 5.13 Å². The van der Waals surface area contributed by atoms with E-state index in [0.717, 1.165) is 29.9 Å². The highest BCUT2D eigenvalue weighted by Gasteiger charge is 2.55. The second kappa shape index (κ2) is 6.48. The van der Waals surface area contributed by atoms with Crippen molar-refractivity contribution in [1.29, 1.82) is 0 Å². The average Bonchev–Trinajstić information content (AvgIpc) is 3.36. The van der Waals surface area contributed by atoms with E-state index >= 15 is 0 Å². The van der Waals surface area contributed by atoms with Crippen molar-refractivity contribution in [3.05, 3.63) is 17.3 Å². The third-order valence-electron chi connectivity index (χ3n) is 5.14. The van der Waals surface area contributed by atoms with Crippen LogP contribution in [-0.2, 0) is 20.9 Å². The highest BCUT2D eigenvalue weighted by atomic mass is 32.1. The Morgan fingerprint density at radius 3 is 2.77 bits per heavy atom. The first-order chi connectivity index (χ1) is 12.5. The van der Waals surface area contributed by atoms with Crippen LogP contribution in [0.4, 0.5) is 5.13 Å². The van der Waals surface area contributed by atoms with Gasteiger partial charge in [-0.1, -0.05) is 0 Å². The molecule has 0 spiro atoms. The lowest BCUT2D eigenvalue weighted by Gasteiger charge is -2.23. The van der Waals surface area contributed by atoms with Crippen molar-refractivity contribution < 1.29 is 19.4 Å². The number of carbonyl (C=O) groups is 2. The number of nitrogens with one attached hydrogen (secondary N) is 1. The Morgan fingerprint density at radius 1 is 1.38 bits per heavy atom. The molecule has 26 heavy (non-hydrogen) atoms. The van der Waals surface area contributed by atoms with E-state index in [4.69, 9.17) is 4.74 Å². The van der Waals surface area contributed by atoms with Gasteiger partial charge in [-0.15, -0.1) is 11.3 Å². The smallest absolute Gasteiger partial charge is 0.310 e. The predicted octanol–water partition coefficient (Wildman–Crippen LogP) is 2.15. The molecule has 2 bridgehead atoms. The Kier molecular flexibility index (Phi) is 4.28. The molecule has 4 heterocycles. The van der Waals surface area contributed by atoms with Crippen LogP contribution in [0.5, 0.6) is 0 Å². The van der Waals surface area contributed by atoms with Crippen molar-refractivity contribution in [3.8, 4) is 11.3 Å². The first-order valence-electron chi connectivity index (χ1n) is 8.67. The molecule has 2 aliphatic rings. The second-order valence-corrected chi connectivity index (χ2v) is 7.55. The van der Waals surface area contributed by atoms with E-state index in [1.165, 1.54) is 11.3 Å². The van der Waals surface area contributed by atoms with Gasteiger partial charge in [0, 0.05) is 23.7 Å². The third-order valence-corrected chi connectivity index (χ3v) is 5.90. The number of aliphatic carboxylic acids is 1. The van der Waals surface area contributed by atoms with E-state index in [-0.39, 0.29) is 18.1 Å². The topological polar surface area (TPSA) is 106 Å². The molecule has 0 aliphatic carbocycles. The van der Waals surface area contributed by atoms with Crippen LogP contribution < -0.4 is 5.32 Å². The van der Waals surface area contributed by atoms with Crippen LogP contribution in [0, 0.1) is 18.8 Å². The van der Waals surface area contributed by atoms with Crippen LogP contribution in [0.15, 0.2) is 11.6 Å². The number of hydrogen-bond acceptors (Lipinski definition) is 6. The van der Waals surface area contributed by atoms with Gasteiger partial charge in [-0.2, -0.15) is 5.10 Å². The zero-order chi connectivity index (χ0) is 18.4. The van der Waals surface area contributed by atoms with Crippen LogP contribution in [0.1, 0.15) is 25.5 Å².